The highest BCUT2D eigenvalue weighted by molar-refractivity contribution is 5.66. The van der Waals surface area contributed by atoms with Crippen molar-refractivity contribution in [2.45, 2.75) is 38.5 Å². The van der Waals surface area contributed by atoms with Crippen LogP contribution in [0.2, 0.25) is 0 Å². The van der Waals surface area contributed by atoms with Crippen molar-refractivity contribution >= 4 is 5.97 Å². The Bertz CT molecular complexity index is 162. The standard InChI is InChI=1S/C9H14O2/c10-9(11)7-3-6-8-4-1-2-5-8/h6H,1-5,7H2,(H,10,11). The molecule has 1 aliphatic rings. The number of allylic oxidation sites excluding steroid dienone is 2. The second-order valence-electron chi connectivity index (χ2n) is 3.00. The van der Waals surface area contributed by atoms with Gasteiger partial charge in [-0.1, -0.05) is 11.6 Å². The van der Waals surface area contributed by atoms with Crippen molar-refractivity contribution < 1.29 is 9.90 Å². The van der Waals surface area contributed by atoms with Crippen LogP contribution in [0.1, 0.15) is 38.5 Å². The molecule has 1 saturated carbocycles. The van der Waals surface area contributed by atoms with Gasteiger partial charge in [0.05, 0.1) is 0 Å². The van der Waals surface area contributed by atoms with E-state index in [0.29, 0.717) is 6.42 Å². The average Bonchev–Trinajstić information content (AvgIpc) is 2.39. The van der Waals surface area contributed by atoms with Crippen LogP contribution in [0.3, 0.4) is 0 Å². The van der Waals surface area contributed by atoms with Crippen molar-refractivity contribution in [3.05, 3.63) is 11.6 Å². The molecule has 0 radical (unpaired) electrons. The van der Waals surface area contributed by atoms with Crippen LogP contribution >= 0.6 is 0 Å². The molecule has 1 fully saturated rings. The largest absolute Gasteiger partial charge is 0.481 e. The van der Waals surface area contributed by atoms with Crippen molar-refractivity contribution in [2.75, 3.05) is 0 Å². The van der Waals surface area contributed by atoms with Gasteiger partial charge in [0.15, 0.2) is 0 Å². The molecule has 0 aliphatic heterocycles. The third kappa shape index (κ3) is 3.21. The zero-order valence-electron chi connectivity index (χ0n) is 6.68. The highest BCUT2D eigenvalue weighted by Crippen LogP contribution is 2.24. The molecule has 0 aromatic rings. The number of rotatable bonds is 3. The Labute approximate surface area is 66.9 Å². The lowest BCUT2D eigenvalue weighted by Crippen LogP contribution is -1.92. The maximum atomic E-state index is 10.1. The molecule has 0 atom stereocenters. The van der Waals surface area contributed by atoms with Gasteiger partial charge in [-0.15, -0.1) is 0 Å². The molecule has 1 rings (SSSR count). The second-order valence-corrected chi connectivity index (χ2v) is 3.00. The summed E-state index contributed by atoms with van der Waals surface area (Å²) in [7, 11) is 0. The number of aliphatic carboxylic acids is 1. The lowest BCUT2D eigenvalue weighted by molar-refractivity contribution is -0.136. The molecule has 62 valence electrons. The van der Waals surface area contributed by atoms with Crippen molar-refractivity contribution in [2.24, 2.45) is 0 Å². The fourth-order valence-electron chi connectivity index (χ4n) is 1.43. The van der Waals surface area contributed by atoms with Gasteiger partial charge in [0.1, 0.15) is 0 Å². The molecule has 1 N–H and O–H groups in total. The summed E-state index contributed by atoms with van der Waals surface area (Å²) in [6.07, 6.45) is 8.06. The summed E-state index contributed by atoms with van der Waals surface area (Å²) >= 11 is 0. The first kappa shape index (κ1) is 8.31. The third-order valence-corrected chi connectivity index (χ3v) is 2.04. The molecule has 11 heavy (non-hydrogen) atoms. The SMILES string of the molecule is O=C(O)CCC=C1CCCC1. The van der Waals surface area contributed by atoms with Gasteiger partial charge in [0, 0.05) is 6.42 Å². The van der Waals surface area contributed by atoms with Crippen LogP contribution in [-0.4, -0.2) is 11.1 Å². The van der Waals surface area contributed by atoms with E-state index >= 15 is 0 Å². The van der Waals surface area contributed by atoms with Gasteiger partial charge in [-0.2, -0.15) is 0 Å². The first-order valence-electron chi connectivity index (χ1n) is 4.19. The molecule has 0 heterocycles. The Balaban J connectivity index is 2.18. The molecule has 2 heteroatoms. The van der Waals surface area contributed by atoms with E-state index in [4.69, 9.17) is 5.11 Å². The van der Waals surface area contributed by atoms with E-state index in [0.717, 1.165) is 0 Å². The summed E-state index contributed by atoms with van der Waals surface area (Å²) < 4.78 is 0. The van der Waals surface area contributed by atoms with Crippen LogP contribution in [-0.2, 0) is 4.79 Å². The van der Waals surface area contributed by atoms with Crippen LogP contribution < -0.4 is 0 Å². The van der Waals surface area contributed by atoms with E-state index < -0.39 is 5.97 Å². The van der Waals surface area contributed by atoms with E-state index in [2.05, 4.69) is 6.08 Å². The zero-order chi connectivity index (χ0) is 8.10. The number of carboxylic acids is 1. The smallest absolute Gasteiger partial charge is 0.303 e. The van der Waals surface area contributed by atoms with Gasteiger partial charge in [0.2, 0.25) is 0 Å². The average molecular weight is 154 g/mol. The normalized spacial score (nSPS) is 16.9. The predicted octanol–water partition coefficient (Wildman–Crippen LogP) is 2.35. The Kier molecular flexibility index (Phi) is 3.14. The summed E-state index contributed by atoms with van der Waals surface area (Å²) in [6, 6.07) is 0. The monoisotopic (exact) mass is 154 g/mol. The predicted molar refractivity (Wildman–Crippen MR) is 43.4 cm³/mol. The quantitative estimate of drug-likeness (QED) is 0.633. The first-order chi connectivity index (χ1) is 5.29. The number of hydrogen-bond acceptors (Lipinski definition) is 1. The topological polar surface area (TPSA) is 37.3 Å². The maximum absolute atomic E-state index is 10.1. The summed E-state index contributed by atoms with van der Waals surface area (Å²) in [5.74, 6) is -0.695. The van der Waals surface area contributed by atoms with Crippen molar-refractivity contribution in [1.82, 2.24) is 0 Å². The fraction of sp³-hybridized carbons (Fsp3) is 0.667. The zero-order valence-corrected chi connectivity index (χ0v) is 6.68. The molecule has 0 aromatic heterocycles. The van der Waals surface area contributed by atoms with E-state index in [1.165, 1.54) is 31.3 Å². The Morgan fingerprint density at radius 2 is 2.09 bits per heavy atom. The van der Waals surface area contributed by atoms with Gasteiger partial charge < -0.3 is 5.11 Å². The van der Waals surface area contributed by atoms with Gasteiger partial charge >= 0.3 is 5.97 Å². The Morgan fingerprint density at radius 1 is 1.45 bits per heavy atom. The minimum Gasteiger partial charge on any atom is -0.481 e. The van der Waals surface area contributed by atoms with E-state index in [9.17, 15) is 4.79 Å². The van der Waals surface area contributed by atoms with Crippen LogP contribution in [0.5, 0.6) is 0 Å². The van der Waals surface area contributed by atoms with Gasteiger partial charge in [0.25, 0.3) is 0 Å². The van der Waals surface area contributed by atoms with Crippen molar-refractivity contribution in [3.8, 4) is 0 Å². The van der Waals surface area contributed by atoms with E-state index in [1.807, 2.05) is 0 Å². The van der Waals surface area contributed by atoms with Crippen molar-refractivity contribution in [3.63, 3.8) is 0 Å². The second kappa shape index (κ2) is 4.16. The van der Waals surface area contributed by atoms with Gasteiger partial charge in [-0.25, -0.2) is 0 Å². The fourth-order valence-corrected chi connectivity index (χ4v) is 1.43. The molecule has 0 aromatic carbocycles. The molecule has 0 saturated heterocycles. The molecule has 0 unspecified atom stereocenters. The summed E-state index contributed by atoms with van der Waals surface area (Å²) in [5.41, 5.74) is 1.46. The molecular formula is C9H14O2. The third-order valence-electron chi connectivity index (χ3n) is 2.04. The van der Waals surface area contributed by atoms with Crippen LogP contribution in [0.25, 0.3) is 0 Å². The lowest BCUT2D eigenvalue weighted by Gasteiger charge is -1.93. The lowest BCUT2D eigenvalue weighted by atomic mass is 10.1. The van der Waals surface area contributed by atoms with Gasteiger partial charge in [-0.3, -0.25) is 4.79 Å². The minimum absolute atomic E-state index is 0.281. The van der Waals surface area contributed by atoms with Crippen LogP contribution in [0.4, 0.5) is 0 Å². The molecule has 0 spiro atoms. The Morgan fingerprint density at radius 3 is 2.64 bits per heavy atom. The van der Waals surface area contributed by atoms with Crippen molar-refractivity contribution in [1.29, 1.82) is 0 Å². The molecule has 0 amide bonds. The van der Waals surface area contributed by atoms with Gasteiger partial charge in [-0.05, 0) is 32.1 Å². The van der Waals surface area contributed by atoms with E-state index in [1.54, 1.807) is 0 Å². The van der Waals surface area contributed by atoms with E-state index in [-0.39, 0.29) is 6.42 Å². The molecule has 1 aliphatic carbocycles. The summed E-state index contributed by atoms with van der Waals surface area (Å²) in [4.78, 5) is 10.1. The number of carbonyl (C=O) groups is 1. The molecule has 2 nitrogen and oxygen atoms in total. The van der Waals surface area contributed by atoms with Crippen LogP contribution in [0.15, 0.2) is 11.6 Å². The highest BCUT2D eigenvalue weighted by Gasteiger charge is 2.05. The molecule has 0 bridgehead atoms. The number of hydrogen-bond donors (Lipinski definition) is 1. The number of carboxylic acid groups (broad SMARTS) is 1. The summed E-state index contributed by atoms with van der Waals surface area (Å²) in [6.45, 7) is 0. The summed E-state index contributed by atoms with van der Waals surface area (Å²) in [5, 5.41) is 8.36. The molecular weight excluding hydrogens is 140 g/mol. The first-order valence-corrected chi connectivity index (χ1v) is 4.19. The highest BCUT2D eigenvalue weighted by atomic mass is 16.4. The van der Waals surface area contributed by atoms with Crippen LogP contribution in [0, 0.1) is 0 Å². The maximum Gasteiger partial charge on any atom is 0.303 e. The minimum atomic E-state index is -0.695. The Hall–Kier alpha value is -0.790.